The summed E-state index contributed by atoms with van der Waals surface area (Å²) < 4.78 is 16.4. The third-order valence-electron chi connectivity index (χ3n) is 5.36. The number of para-hydroxylation sites is 1. The van der Waals surface area contributed by atoms with E-state index in [1.807, 2.05) is 55.5 Å². The Labute approximate surface area is 209 Å². The van der Waals surface area contributed by atoms with Crippen molar-refractivity contribution in [1.29, 1.82) is 0 Å². The third kappa shape index (κ3) is 6.27. The minimum Gasteiger partial charge on any atom is -0.490 e. The maximum atomic E-state index is 12.5. The third-order valence-corrected chi connectivity index (χ3v) is 5.36. The molecule has 0 unspecified atom stereocenters. The van der Waals surface area contributed by atoms with Gasteiger partial charge < -0.3 is 19.5 Å². The summed E-state index contributed by atoms with van der Waals surface area (Å²) in [6.45, 7) is 2.49. The number of hydrogen-bond acceptors (Lipinski definition) is 6. The largest absolute Gasteiger partial charge is 0.490 e. The molecule has 182 valence electrons. The molecule has 0 fully saturated rings. The first-order valence-corrected chi connectivity index (χ1v) is 11.4. The minimum absolute atomic E-state index is 0.0945. The van der Waals surface area contributed by atoms with Gasteiger partial charge in [0.05, 0.1) is 24.8 Å². The van der Waals surface area contributed by atoms with Crippen LogP contribution in [0.25, 0.3) is 10.8 Å². The molecule has 0 aliphatic carbocycles. The zero-order chi connectivity index (χ0) is 25.3. The number of nitrogens with one attached hydrogen (secondary N) is 1. The van der Waals surface area contributed by atoms with Gasteiger partial charge in [-0.05, 0) is 59.7 Å². The van der Waals surface area contributed by atoms with Gasteiger partial charge in [-0.15, -0.1) is 0 Å². The van der Waals surface area contributed by atoms with Gasteiger partial charge in [0.25, 0.3) is 0 Å². The summed E-state index contributed by atoms with van der Waals surface area (Å²) in [5, 5.41) is 4.82. The van der Waals surface area contributed by atoms with E-state index in [0.29, 0.717) is 35.1 Å². The molecule has 4 aromatic rings. The first-order chi connectivity index (χ1) is 17.6. The fourth-order valence-electron chi connectivity index (χ4n) is 3.55. The van der Waals surface area contributed by atoms with Crippen LogP contribution in [0.2, 0.25) is 0 Å². The molecule has 1 aromatic heterocycles. The zero-order valence-electron chi connectivity index (χ0n) is 20.1. The molecule has 3 aromatic carbocycles. The van der Waals surface area contributed by atoms with E-state index < -0.39 is 5.97 Å². The highest BCUT2D eigenvalue weighted by molar-refractivity contribution is 6.01. The molecule has 4 rings (SSSR count). The lowest BCUT2D eigenvalue weighted by atomic mass is 10.1. The number of ether oxygens (including phenoxy) is 3. The highest BCUT2D eigenvalue weighted by Gasteiger charge is 2.14. The lowest BCUT2D eigenvalue weighted by molar-refractivity contribution is -0.115. The topological polar surface area (TPSA) is 86.8 Å². The monoisotopic (exact) mass is 482 g/mol. The minimum atomic E-state index is -0.513. The molecule has 0 saturated carbocycles. The SMILES string of the molecule is CC=CCOc1ccc2cc(Oc3ccc(CC(=O)Nc4ccccc4C(=O)OC)cn3)ccc2c1. The van der Waals surface area contributed by atoms with E-state index in [2.05, 4.69) is 10.3 Å². The molecule has 0 spiro atoms. The second-order valence-electron chi connectivity index (χ2n) is 7.92. The van der Waals surface area contributed by atoms with Gasteiger partial charge in [0, 0.05) is 12.3 Å². The van der Waals surface area contributed by atoms with E-state index in [4.69, 9.17) is 14.2 Å². The number of fused-ring (bicyclic) bond motifs is 1. The molecule has 0 radical (unpaired) electrons. The number of anilines is 1. The number of aromatic nitrogens is 1. The normalized spacial score (nSPS) is 10.8. The number of esters is 1. The highest BCUT2D eigenvalue weighted by Crippen LogP contribution is 2.27. The smallest absolute Gasteiger partial charge is 0.339 e. The van der Waals surface area contributed by atoms with Crippen LogP contribution in [0.5, 0.6) is 17.4 Å². The fourth-order valence-corrected chi connectivity index (χ4v) is 3.55. The van der Waals surface area contributed by atoms with Crippen molar-refractivity contribution in [2.75, 3.05) is 19.0 Å². The van der Waals surface area contributed by atoms with Crippen LogP contribution in [0.1, 0.15) is 22.8 Å². The number of nitrogens with zero attached hydrogens (tertiary/aromatic N) is 1. The van der Waals surface area contributed by atoms with Crippen molar-refractivity contribution < 1.29 is 23.8 Å². The van der Waals surface area contributed by atoms with Crippen LogP contribution >= 0.6 is 0 Å². The molecule has 0 aliphatic rings. The van der Waals surface area contributed by atoms with Crippen LogP contribution in [0, 0.1) is 0 Å². The second kappa shape index (κ2) is 11.7. The Balaban J connectivity index is 1.37. The Hall–Kier alpha value is -4.65. The molecule has 0 atom stereocenters. The highest BCUT2D eigenvalue weighted by atomic mass is 16.5. The van der Waals surface area contributed by atoms with Crippen molar-refractivity contribution in [3.63, 3.8) is 0 Å². The van der Waals surface area contributed by atoms with E-state index in [0.717, 1.165) is 16.5 Å². The van der Waals surface area contributed by atoms with Gasteiger partial charge in [0.1, 0.15) is 18.1 Å². The molecule has 1 heterocycles. The number of methoxy groups -OCH3 is 1. The lowest BCUT2D eigenvalue weighted by Crippen LogP contribution is -2.17. The summed E-state index contributed by atoms with van der Waals surface area (Å²) in [6.07, 6.45) is 5.59. The first kappa shape index (κ1) is 24.5. The summed E-state index contributed by atoms with van der Waals surface area (Å²) in [7, 11) is 1.30. The summed E-state index contributed by atoms with van der Waals surface area (Å²) >= 11 is 0. The Morgan fingerprint density at radius 1 is 0.944 bits per heavy atom. The predicted octanol–water partition coefficient (Wildman–Crippen LogP) is 5.95. The van der Waals surface area contributed by atoms with Gasteiger partial charge in [0.2, 0.25) is 11.8 Å². The number of pyridine rings is 1. The number of rotatable bonds is 9. The van der Waals surface area contributed by atoms with E-state index >= 15 is 0 Å². The van der Waals surface area contributed by atoms with Gasteiger partial charge in [0.15, 0.2) is 0 Å². The van der Waals surface area contributed by atoms with Crippen LogP contribution in [0.3, 0.4) is 0 Å². The number of benzene rings is 3. The maximum absolute atomic E-state index is 12.5. The number of carbonyl (C=O) groups is 2. The van der Waals surface area contributed by atoms with Crippen molar-refractivity contribution in [2.45, 2.75) is 13.3 Å². The van der Waals surface area contributed by atoms with Gasteiger partial charge in [-0.25, -0.2) is 9.78 Å². The van der Waals surface area contributed by atoms with Crippen molar-refractivity contribution >= 4 is 28.3 Å². The fraction of sp³-hybridized carbons (Fsp3) is 0.138. The first-order valence-electron chi connectivity index (χ1n) is 11.4. The Morgan fingerprint density at radius 2 is 1.69 bits per heavy atom. The quantitative estimate of drug-likeness (QED) is 0.234. The molecular formula is C29H26N2O5. The van der Waals surface area contributed by atoms with Crippen molar-refractivity contribution in [1.82, 2.24) is 4.98 Å². The van der Waals surface area contributed by atoms with Crippen molar-refractivity contribution in [3.05, 3.63) is 102 Å². The number of hydrogen-bond donors (Lipinski definition) is 1. The van der Waals surface area contributed by atoms with E-state index in [9.17, 15) is 9.59 Å². The molecule has 7 heteroatoms. The number of allylic oxidation sites excluding steroid dienone is 1. The van der Waals surface area contributed by atoms with Gasteiger partial charge >= 0.3 is 5.97 Å². The van der Waals surface area contributed by atoms with Crippen LogP contribution in [0.4, 0.5) is 5.69 Å². The summed E-state index contributed by atoms with van der Waals surface area (Å²) in [5.41, 5.74) is 1.40. The van der Waals surface area contributed by atoms with Gasteiger partial charge in [-0.1, -0.05) is 42.5 Å². The van der Waals surface area contributed by atoms with Crippen LogP contribution < -0.4 is 14.8 Å². The average Bonchev–Trinajstić information content (AvgIpc) is 2.90. The standard InChI is InChI=1S/C29H26N2O5/c1-3-4-15-35-23-12-10-22-18-24(13-11-21(22)17-23)36-28-14-9-20(19-30-28)16-27(32)31-26-8-6-5-7-25(26)29(33)34-2/h3-14,17-19H,15-16H2,1-2H3,(H,31,32). The Morgan fingerprint density at radius 3 is 2.42 bits per heavy atom. The molecular weight excluding hydrogens is 456 g/mol. The van der Waals surface area contributed by atoms with Gasteiger partial charge in [-0.3, -0.25) is 4.79 Å². The van der Waals surface area contributed by atoms with E-state index in [1.54, 1.807) is 42.6 Å². The summed E-state index contributed by atoms with van der Waals surface area (Å²) in [4.78, 5) is 28.7. The van der Waals surface area contributed by atoms with Crippen molar-refractivity contribution in [2.24, 2.45) is 0 Å². The van der Waals surface area contributed by atoms with Crippen LogP contribution in [0.15, 0.2) is 91.1 Å². The molecule has 0 bridgehead atoms. The average molecular weight is 483 g/mol. The summed E-state index contributed by atoms with van der Waals surface area (Å²) in [5.74, 6) is 1.10. The molecule has 7 nitrogen and oxygen atoms in total. The zero-order valence-corrected chi connectivity index (χ0v) is 20.1. The molecule has 0 saturated heterocycles. The number of carbonyl (C=O) groups excluding carboxylic acids is 2. The lowest BCUT2D eigenvalue weighted by Gasteiger charge is -2.10. The van der Waals surface area contributed by atoms with Crippen LogP contribution in [-0.4, -0.2) is 30.6 Å². The maximum Gasteiger partial charge on any atom is 0.339 e. The Bertz CT molecular complexity index is 1400. The molecule has 36 heavy (non-hydrogen) atoms. The van der Waals surface area contributed by atoms with Gasteiger partial charge in [-0.2, -0.15) is 0 Å². The summed E-state index contributed by atoms with van der Waals surface area (Å²) in [6, 6.07) is 21.9. The van der Waals surface area contributed by atoms with E-state index in [-0.39, 0.29) is 12.3 Å². The predicted molar refractivity (Wildman–Crippen MR) is 139 cm³/mol. The molecule has 1 amide bonds. The molecule has 1 N–H and O–H groups in total. The Kier molecular flexibility index (Phi) is 7.93. The number of amides is 1. The van der Waals surface area contributed by atoms with Crippen LogP contribution in [-0.2, 0) is 16.0 Å². The molecule has 0 aliphatic heterocycles. The van der Waals surface area contributed by atoms with E-state index in [1.165, 1.54) is 7.11 Å². The second-order valence-corrected chi connectivity index (χ2v) is 7.92. The van der Waals surface area contributed by atoms with Crippen molar-refractivity contribution in [3.8, 4) is 17.4 Å².